The van der Waals surface area contributed by atoms with Crippen LogP contribution >= 0.6 is 0 Å². The van der Waals surface area contributed by atoms with Gasteiger partial charge >= 0.3 is 12.0 Å². The van der Waals surface area contributed by atoms with Crippen LogP contribution in [0.5, 0.6) is 0 Å². The summed E-state index contributed by atoms with van der Waals surface area (Å²) in [6.07, 6.45) is 2.82. The van der Waals surface area contributed by atoms with Gasteiger partial charge in [0.15, 0.2) is 6.04 Å². The van der Waals surface area contributed by atoms with Crippen LogP contribution in [-0.4, -0.2) is 67.4 Å². The normalized spacial score (nSPS) is 12.2. The van der Waals surface area contributed by atoms with Gasteiger partial charge in [0, 0.05) is 18.7 Å². The number of ether oxygens (including phenoxy) is 1. The number of carbonyl (C=O) groups excluding carboxylic acids is 1. The molecular formula is C27H36N6O4. The van der Waals surface area contributed by atoms with E-state index in [2.05, 4.69) is 32.9 Å². The first-order valence-electron chi connectivity index (χ1n) is 12.5. The number of hydrogen-bond acceptors (Lipinski definition) is 6. The number of tetrazole rings is 1. The third kappa shape index (κ3) is 8.38. The van der Waals surface area contributed by atoms with E-state index < -0.39 is 23.6 Å². The van der Waals surface area contributed by atoms with Crippen molar-refractivity contribution in [3.05, 3.63) is 54.1 Å². The molecule has 0 spiro atoms. The van der Waals surface area contributed by atoms with Crippen LogP contribution in [-0.2, 0) is 16.1 Å². The van der Waals surface area contributed by atoms with E-state index in [-0.39, 0.29) is 6.61 Å². The molecule has 1 atom stereocenters. The molecule has 0 fully saturated rings. The van der Waals surface area contributed by atoms with E-state index in [9.17, 15) is 14.7 Å². The minimum absolute atomic E-state index is 0.109. The number of aromatic amines is 1. The van der Waals surface area contributed by atoms with Crippen molar-refractivity contribution >= 4 is 12.0 Å². The molecule has 0 saturated carbocycles. The maximum atomic E-state index is 13.1. The van der Waals surface area contributed by atoms with Crippen molar-refractivity contribution in [3.8, 4) is 22.5 Å². The molecule has 0 radical (unpaired) electrons. The number of carbonyl (C=O) groups is 2. The topological polar surface area (TPSA) is 133 Å². The Kier molecular flexibility index (Phi) is 9.73. The number of aliphatic carboxylic acids is 1. The zero-order valence-electron chi connectivity index (χ0n) is 21.9. The third-order valence-electron chi connectivity index (χ3n) is 5.75. The second-order valence-corrected chi connectivity index (χ2v) is 9.87. The summed E-state index contributed by atoms with van der Waals surface area (Å²) in [6, 6.07) is 14.2. The quantitative estimate of drug-likeness (QED) is 0.307. The van der Waals surface area contributed by atoms with Crippen LogP contribution in [0.2, 0.25) is 0 Å². The molecule has 2 amide bonds. The highest BCUT2D eigenvalue weighted by Gasteiger charge is 2.25. The average Bonchev–Trinajstić information content (AvgIpc) is 3.40. The molecule has 0 aliphatic heterocycles. The molecule has 37 heavy (non-hydrogen) atoms. The third-order valence-corrected chi connectivity index (χ3v) is 5.75. The van der Waals surface area contributed by atoms with Gasteiger partial charge in [0.1, 0.15) is 0 Å². The van der Waals surface area contributed by atoms with Gasteiger partial charge < -0.3 is 20.1 Å². The molecule has 0 aliphatic carbocycles. The van der Waals surface area contributed by atoms with Crippen molar-refractivity contribution in [1.82, 2.24) is 30.8 Å². The van der Waals surface area contributed by atoms with Gasteiger partial charge in [0.05, 0.1) is 12.2 Å². The lowest BCUT2D eigenvalue weighted by molar-refractivity contribution is -0.142. The van der Waals surface area contributed by atoms with Gasteiger partial charge in [0.2, 0.25) is 5.82 Å². The molecule has 0 bridgehead atoms. The highest BCUT2D eigenvalue weighted by Crippen LogP contribution is 2.29. The largest absolute Gasteiger partial charge is 0.480 e. The number of urea groups is 1. The molecule has 1 heterocycles. The van der Waals surface area contributed by atoms with Gasteiger partial charge in [-0.1, -0.05) is 68.3 Å². The smallest absolute Gasteiger partial charge is 0.328 e. The number of benzene rings is 2. The molecule has 0 unspecified atom stereocenters. The first-order valence-corrected chi connectivity index (χ1v) is 12.5. The Morgan fingerprint density at radius 1 is 1.08 bits per heavy atom. The number of carboxylic acid groups (broad SMARTS) is 1. The number of nitrogens with one attached hydrogen (secondary N) is 2. The van der Waals surface area contributed by atoms with Gasteiger partial charge in [0.25, 0.3) is 0 Å². The van der Waals surface area contributed by atoms with E-state index in [1.165, 1.54) is 0 Å². The SMILES string of the molecule is CCCCCN(Cc1ccc(-c2ccccc2-c2nn[nH]n2)cc1)C(=O)N[C@@H](COC(C)(C)C)C(=O)O. The predicted molar refractivity (Wildman–Crippen MR) is 141 cm³/mol. The Morgan fingerprint density at radius 3 is 2.38 bits per heavy atom. The molecule has 10 nitrogen and oxygen atoms in total. The molecule has 198 valence electrons. The van der Waals surface area contributed by atoms with E-state index in [1.54, 1.807) is 4.90 Å². The van der Waals surface area contributed by atoms with Crippen molar-refractivity contribution in [2.75, 3.05) is 13.2 Å². The summed E-state index contributed by atoms with van der Waals surface area (Å²) < 4.78 is 5.61. The number of nitrogens with zero attached hydrogens (tertiary/aromatic N) is 4. The summed E-state index contributed by atoms with van der Waals surface area (Å²) in [6.45, 7) is 8.39. The van der Waals surface area contributed by atoms with Gasteiger partial charge in [-0.05, 0) is 49.1 Å². The fourth-order valence-electron chi connectivity index (χ4n) is 3.77. The summed E-state index contributed by atoms with van der Waals surface area (Å²) >= 11 is 0. The number of carboxylic acids is 1. The Balaban J connectivity index is 1.74. The van der Waals surface area contributed by atoms with E-state index in [1.807, 2.05) is 69.3 Å². The zero-order valence-corrected chi connectivity index (χ0v) is 21.9. The fourth-order valence-corrected chi connectivity index (χ4v) is 3.77. The minimum atomic E-state index is -1.13. The summed E-state index contributed by atoms with van der Waals surface area (Å²) in [5.74, 6) is -0.613. The number of hydrogen-bond donors (Lipinski definition) is 3. The standard InChI is InChI=1S/C27H36N6O4/c1-5-6-9-16-33(26(36)28-23(25(34)35)18-37-27(2,3)4)17-19-12-14-20(15-13-19)21-10-7-8-11-22(21)24-29-31-32-30-24/h7-8,10-15,23H,5-6,9,16-18H2,1-4H3,(H,28,36)(H,34,35)(H,29,30,31,32)/t23-/m0/s1. The Labute approximate surface area is 217 Å². The lowest BCUT2D eigenvalue weighted by Gasteiger charge is -2.27. The van der Waals surface area contributed by atoms with Crippen molar-refractivity contribution in [1.29, 1.82) is 0 Å². The highest BCUT2D eigenvalue weighted by atomic mass is 16.5. The first-order chi connectivity index (χ1) is 17.7. The summed E-state index contributed by atoms with van der Waals surface area (Å²) in [5, 5.41) is 26.6. The first kappa shape index (κ1) is 27.8. The number of aromatic nitrogens is 4. The van der Waals surface area contributed by atoms with Crippen LogP contribution in [0.15, 0.2) is 48.5 Å². The van der Waals surface area contributed by atoms with Crippen LogP contribution in [0, 0.1) is 0 Å². The van der Waals surface area contributed by atoms with E-state index in [0.717, 1.165) is 41.5 Å². The monoisotopic (exact) mass is 508 g/mol. The van der Waals surface area contributed by atoms with Crippen molar-refractivity contribution in [3.63, 3.8) is 0 Å². The van der Waals surface area contributed by atoms with Crippen LogP contribution < -0.4 is 5.32 Å². The molecule has 2 aromatic carbocycles. The second kappa shape index (κ2) is 13.0. The molecular weight excluding hydrogens is 472 g/mol. The fraction of sp³-hybridized carbons (Fsp3) is 0.444. The number of H-pyrrole nitrogens is 1. The summed E-state index contributed by atoms with van der Waals surface area (Å²) in [7, 11) is 0. The molecule has 0 saturated heterocycles. The molecule has 3 rings (SSSR count). The van der Waals surface area contributed by atoms with Gasteiger partial charge in [-0.3, -0.25) is 0 Å². The van der Waals surface area contributed by atoms with E-state index in [4.69, 9.17) is 4.74 Å². The van der Waals surface area contributed by atoms with Crippen molar-refractivity contribution in [2.24, 2.45) is 0 Å². The summed E-state index contributed by atoms with van der Waals surface area (Å²) in [4.78, 5) is 26.5. The number of rotatable bonds is 12. The van der Waals surface area contributed by atoms with Crippen molar-refractivity contribution < 1.29 is 19.4 Å². The van der Waals surface area contributed by atoms with Crippen LogP contribution in [0.3, 0.4) is 0 Å². The zero-order chi connectivity index (χ0) is 26.8. The maximum Gasteiger partial charge on any atom is 0.328 e. The van der Waals surface area contributed by atoms with Crippen LogP contribution in [0.25, 0.3) is 22.5 Å². The molecule has 10 heteroatoms. The van der Waals surface area contributed by atoms with E-state index >= 15 is 0 Å². The van der Waals surface area contributed by atoms with Crippen molar-refractivity contribution in [2.45, 2.75) is 65.1 Å². The molecule has 0 aliphatic rings. The Bertz CT molecular complexity index is 1140. The number of unbranched alkanes of at least 4 members (excludes halogenated alkanes) is 2. The Hall–Kier alpha value is -3.79. The lowest BCUT2D eigenvalue weighted by Crippen LogP contribution is -2.50. The average molecular weight is 509 g/mol. The minimum Gasteiger partial charge on any atom is -0.480 e. The molecule has 1 aromatic heterocycles. The molecule has 3 N–H and O–H groups in total. The van der Waals surface area contributed by atoms with Gasteiger partial charge in [-0.2, -0.15) is 5.21 Å². The highest BCUT2D eigenvalue weighted by molar-refractivity contribution is 5.83. The van der Waals surface area contributed by atoms with E-state index in [0.29, 0.717) is 18.9 Å². The van der Waals surface area contributed by atoms with Crippen LogP contribution in [0.1, 0.15) is 52.5 Å². The maximum absolute atomic E-state index is 13.1. The van der Waals surface area contributed by atoms with Gasteiger partial charge in [-0.25, -0.2) is 9.59 Å². The molecule has 3 aromatic rings. The van der Waals surface area contributed by atoms with Gasteiger partial charge in [-0.15, -0.1) is 10.2 Å². The predicted octanol–water partition coefficient (Wildman–Crippen LogP) is 4.50. The number of amides is 2. The lowest BCUT2D eigenvalue weighted by atomic mass is 9.98. The second-order valence-electron chi connectivity index (χ2n) is 9.87. The summed E-state index contributed by atoms with van der Waals surface area (Å²) in [5.41, 5.74) is 3.24. The van der Waals surface area contributed by atoms with Crippen LogP contribution in [0.4, 0.5) is 4.79 Å². The Morgan fingerprint density at radius 2 is 1.78 bits per heavy atom.